The number of pyridine rings is 1. The summed E-state index contributed by atoms with van der Waals surface area (Å²) >= 11 is 0. The zero-order valence-electron chi connectivity index (χ0n) is 17.7. The Morgan fingerprint density at radius 3 is 2.67 bits per heavy atom. The Balaban J connectivity index is 1.46. The van der Waals surface area contributed by atoms with Crippen molar-refractivity contribution >= 4 is 23.3 Å². The van der Waals surface area contributed by atoms with Crippen LogP contribution in [0.25, 0.3) is 11.6 Å². The monoisotopic (exact) mass is 440 g/mol. The van der Waals surface area contributed by atoms with Crippen molar-refractivity contribution in [1.82, 2.24) is 15.2 Å². The largest absolute Gasteiger partial charge is 0.402 e. The number of amides is 1. The molecule has 3 heterocycles. The number of ether oxygens (including phenoxy) is 1. The Bertz CT molecular complexity index is 1320. The van der Waals surface area contributed by atoms with Crippen molar-refractivity contribution in [2.45, 2.75) is 12.8 Å². The number of methoxy groups -OCH3 is 1. The van der Waals surface area contributed by atoms with Gasteiger partial charge in [-0.1, -0.05) is 59.7 Å². The SMILES string of the molecule is COCc1cccc(-c2nnc(N[C@H]3N=C(c4ccccc4)c4ccccc4NC3=O)o2)n1. The number of rotatable bonds is 6. The Labute approximate surface area is 189 Å². The van der Waals surface area contributed by atoms with Crippen LogP contribution in [0, 0.1) is 0 Å². The number of carbonyl (C=O) groups excluding carboxylic acids is 1. The van der Waals surface area contributed by atoms with Gasteiger partial charge in [0.25, 0.3) is 11.8 Å². The molecule has 0 aliphatic carbocycles. The number of carbonyl (C=O) groups is 1. The van der Waals surface area contributed by atoms with Crippen LogP contribution in [0.5, 0.6) is 0 Å². The molecule has 0 unspecified atom stereocenters. The first-order valence-electron chi connectivity index (χ1n) is 10.3. The molecule has 1 amide bonds. The van der Waals surface area contributed by atoms with Gasteiger partial charge >= 0.3 is 6.01 Å². The molecule has 0 saturated carbocycles. The molecule has 4 aromatic rings. The molecule has 9 heteroatoms. The summed E-state index contributed by atoms with van der Waals surface area (Å²) in [6, 6.07) is 22.7. The summed E-state index contributed by atoms with van der Waals surface area (Å²) < 4.78 is 10.8. The lowest BCUT2D eigenvalue weighted by Crippen LogP contribution is -2.32. The minimum Gasteiger partial charge on any atom is -0.402 e. The summed E-state index contributed by atoms with van der Waals surface area (Å²) in [5, 5.41) is 13.9. The Morgan fingerprint density at radius 1 is 1.00 bits per heavy atom. The topological polar surface area (TPSA) is 115 Å². The van der Waals surface area contributed by atoms with E-state index >= 15 is 0 Å². The molecule has 2 N–H and O–H groups in total. The van der Waals surface area contributed by atoms with Gasteiger partial charge in [0, 0.05) is 18.2 Å². The van der Waals surface area contributed by atoms with Crippen LogP contribution in [0.2, 0.25) is 0 Å². The maximum atomic E-state index is 13.0. The number of nitrogens with zero attached hydrogens (tertiary/aromatic N) is 4. The van der Waals surface area contributed by atoms with Crippen molar-refractivity contribution in [2.75, 3.05) is 17.7 Å². The average Bonchev–Trinajstić information content (AvgIpc) is 3.26. The summed E-state index contributed by atoms with van der Waals surface area (Å²) in [6.07, 6.45) is -0.978. The fourth-order valence-corrected chi connectivity index (χ4v) is 3.51. The van der Waals surface area contributed by atoms with Crippen LogP contribution in [0.1, 0.15) is 16.8 Å². The molecular weight excluding hydrogens is 420 g/mol. The van der Waals surface area contributed by atoms with Crippen LogP contribution in [0.4, 0.5) is 11.7 Å². The van der Waals surface area contributed by atoms with Gasteiger partial charge in [0.05, 0.1) is 23.7 Å². The molecule has 5 rings (SSSR count). The lowest BCUT2D eigenvalue weighted by atomic mass is 10.0. The van der Waals surface area contributed by atoms with Crippen LogP contribution in [-0.4, -0.2) is 40.1 Å². The zero-order chi connectivity index (χ0) is 22.6. The molecule has 1 aliphatic rings. The molecule has 0 spiro atoms. The van der Waals surface area contributed by atoms with Gasteiger partial charge in [0.15, 0.2) is 0 Å². The number of benzene rings is 2. The summed E-state index contributed by atoms with van der Waals surface area (Å²) in [5.41, 5.74) is 4.32. The van der Waals surface area contributed by atoms with Crippen LogP contribution >= 0.6 is 0 Å². The van der Waals surface area contributed by atoms with E-state index in [1.165, 1.54) is 0 Å². The van der Waals surface area contributed by atoms with E-state index in [0.29, 0.717) is 23.7 Å². The van der Waals surface area contributed by atoms with Gasteiger partial charge in [0.1, 0.15) is 5.69 Å². The Hall–Kier alpha value is -4.37. The van der Waals surface area contributed by atoms with Gasteiger partial charge in [-0.15, -0.1) is 5.10 Å². The van der Waals surface area contributed by atoms with Crippen LogP contribution < -0.4 is 10.6 Å². The molecule has 0 saturated heterocycles. The van der Waals surface area contributed by atoms with Crippen molar-refractivity contribution in [3.63, 3.8) is 0 Å². The number of anilines is 2. The van der Waals surface area contributed by atoms with Crippen molar-refractivity contribution in [3.8, 4) is 11.6 Å². The first-order chi connectivity index (χ1) is 16.2. The quantitative estimate of drug-likeness (QED) is 0.471. The predicted octanol–water partition coefficient (Wildman–Crippen LogP) is 3.51. The third kappa shape index (κ3) is 4.35. The number of aliphatic imine (C=N–C) groups is 1. The maximum Gasteiger partial charge on any atom is 0.317 e. The van der Waals surface area contributed by atoms with Gasteiger partial charge in [-0.3, -0.25) is 4.79 Å². The van der Waals surface area contributed by atoms with Gasteiger partial charge < -0.3 is 19.8 Å². The summed E-state index contributed by atoms with van der Waals surface area (Å²) in [4.78, 5) is 22.1. The number of hydrogen-bond donors (Lipinski definition) is 2. The van der Waals surface area contributed by atoms with Gasteiger partial charge in [-0.2, -0.15) is 0 Å². The molecular formula is C24H20N6O3. The highest BCUT2D eigenvalue weighted by molar-refractivity contribution is 6.19. The van der Waals surface area contributed by atoms with E-state index < -0.39 is 6.17 Å². The zero-order valence-corrected chi connectivity index (χ0v) is 17.7. The molecule has 33 heavy (non-hydrogen) atoms. The lowest BCUT2D eigenvalue weighted by molar-refractivity contribution is -0.116. The number of hydrogen-bond acceptors (Lipinski definition) is 8. The molecule has 2 aromatic carbocycles. The van der Waals surface area contributed by atoms with Gasteiger partial charge in [-0.25, -0.2) is 9.98 Å². The maximum absolute atomic E-state index is 13.0. The summed E-state index contributed by atoms with van der Waals surface area (Å²) in [5.74, 6) is -0.117. The highest BCUT2D eigenvalue weighted by Gasteiger charge is 2.27. The second-order valence-corrected chi connectivity index (χ2v) is 7.28. The molecule has 0 fully saturated rings. The molecule has 0 radical (unpaired) electrons. The second kappa shape index (κ2) is 9.01. The predicted molar refractivity (Wildman–Crippen MR) is 123 cm³/mol. The van der Waals surface area contributed by atoms with Crippen LogP contribution in [0.3, 0.4) is 0 Å². The summed E-state index contributed by atoms with van der Waals surface area (Å²) in [7, 11) is 1.60. The van der Waals surface area contributed by atoms with E-state index in [1.807, 2.05) is 66.7 Å². The van der Waals surface area contributed by atoms with Gasteiger partial charge in [0.2, 0.25) is 6.17 Å². The normalized spacial score (nSPS) is 15.2. The average molecular weight is 440 g/mol. The Morgan fingerprint density at radius 2 is 1.82 bits per heavy atom. The minimum absolute atomic E-state index is 0.0613. The fourth-order valence-electron chi connectivity index (χ4n) is 3.51. The highest BCUT2D eigenvalue weighted by Crippen LogP contribution is 2.25. The number of nitrogens with one attached hydrogen (secondary N) is 2. The van der Waals surface area contributed by atoms with Crippen molar-refractivity contribution in [2.24, 2.45) is 4.99 Å². The number of aromatic nitrogens is 3. The Kier molecular flexibility index (Phi) is 5.61. The number of fused-ring (bicyclic) bond motifs is 1. The molecule has 2 aromatic heterocycles. The van der Waals surface area contributed by atoms with E-state index in [0.717, 1.165) is 16.8 Å². The molecule has 164 valence electrons. The standard InChI is InChI=1S/C24H20N6O3/c1-32-14-16-10-7-13-19(25-16)23-29-30-24(33-23)28-21-22(31)26-18-12-6-5-11-17(18)20(27-21)15-8-3-2-4-9-15/h2-13,21H,14H2,1H3,(H,26,31)(H,28,30)/t21-/m1/s1. The van der Waals surface area contributed by atoms with E-state index in [9.17, 15) is 4.79 Å². The molecule has 1 aliphatic heterocycles. The molecule has 0 bridgehead atoms. The van der Waals surface area contributed by atoms with Crippen LogP contribution in [0.15, 0.2) is 82.2 Å². The van der Waals surface area contributed by atoms with E-state index in [4.69, 9.17) is 14.1 Å². The first-order valence-corrected chi connectivity index (χ1v) is 10.3. The summed E-state index contributed by atoms with van der Waals surface area (Å²) in [6.45, 7) is 0.368. The van der Waals surface area contributed by atoms with E-state index in [-0.39, 0.29) is 17.8 Å². The first kappa shape index (κ1) is 20.5. The smallest absolute Gasteiger partial charge is 0.317 e. The lowest BCUT2D eigenvalue weighted by Gasteiger charge is -2.11. The number of para-hydroxylation sites is 1. The second-order valence-electron chi connectivity index (χ2n) is 7.28. The van der Waals surface area contributed by atoms with Crippen molar-refractivity contribution in [3.05, 3.63) is 89.6 Å². The van der Waals surface area contributed by atoms with E-state index in [2.05, 4.69) is 25.8 Å². The molecule has 9 nitrogen and oxygen atoms in total. The highest BCUT2D eigenvalue weighted by atomic mass is 16.5. The van der Waals surface area contributed by atoms with Crippen molar-refractivity contribution in [1.29, 1.82) is 0 Å². The van der Waals surface area contributed by atoms with Crippen molar-refractivity contribution < 1.29 is 13.9 Å². The number of benzodiazepines with no additional fused rings is 1. The van der Waals surface area contributed by atoms with Crippen LogP contribution in [-0.2, 0) is 16.1 Å². The fraction of sp³-hybridized carbons (Fsp3) is 0.125. The van der Waals surface area contributed by atoms with Gasteiger partial charge in [-0.05, 0) is 18.2 Å². The third-order valence-electron chi connectivity index (χ3n) is 5.00. The minimum atomic E-state index is -0.978. The third-order valence-corrected chi connectivity index (χ3v) is 5.00. The van der Waals surface area contributed by atoms with E-state index in [1.54, 1.807) is 13.2 Å². The molecule has 1 atom stereocenters.